The number of hydrogen-bond acceptors (Lipinski definition) is 8. The van der Waals surface area contributed by atoms with Crippen LogP contribution >= 0.6 is 34.8 Å². The molecule has 0 fully saturated rings. The molecule has 34 heavy (non-hydrogen) atoms. The highest BCUT2D eigenvalue weighted by atomic mass is 35.5. The normalized spacial score (nSPS) is 9.79. The Bertz CT molecular complexity index is 1230. The predicted octanol–water partition coefficient (Wildman–Crippen LogP) is 3.74. The van der Waals surface area contributed by atoms with Gasteiger partial charge in [0, 0.05) is 0 Å². The van der Waals surface area contributed by atoms with Gasteiger partial charge in [0.15, 0.2) is 5.76 Å². The Hall–Kier alpha value is -3.35. The lowest BCUT2D eigenvalue weighted by Gasteiger charge is -2.00. The van der Waals surface area contributed by atoms with E-state index in [1.165, 1.54) is 42.9 Å². The average Bonchev–Trinajstić information content (AvgIpc) is 3.51. The van der Waals surface area contributed by atoms with Crippen LogP contribution in [0.2, 0.25) is 15.2 Å². The lowest BCUT2D eigenvalue weighted by Crippen LogP contribution is -2.27. The van der Waals surface area contributed by atoms with Crippen LogP contribution in [0, 0.1) is 0 Å². The monoisotopic (exact) mass is 526 g/mol. The third-order valence-electron chi connectivity index (χ3n) is 3.64. The Morgan fingerprint density at radius 1 is 0.765 bits per heavy atom. The summed E-state index contributed by atoms with van der Waals surface area (Å²) in [6.45, 7) is 0. The van der Waals surface area contributed by atoms with E-state index in [9.17, 15) is 9.59 Å². The van der Waals surface area contributed by atoms with Crippen molar-refractivity contribution in [2.24, 2.45) is 0 Å². The van der Waals surface area contributed by atoms with Crippen molar-refractivity contribution in [1.82, 2.24) is 9.97 Å². The molecule has 0 radical (unpaired) electrons. The van der Waals surface area contributed by atoms with Crippen molar-refractivity contribution in [1.29, 1.82) is 0 Å². The van der Waals surface area contributed by atoms with Crippen molar-refractivity contribution in [2.45, 2.75) is 0 Å². The van der Waals surface area contributed by atoms with E-state index in [1.54, 1.807) is 18.2 Å². The Labute approximate surface area is 207 Å². The maximum absolute atomic E-state index is 10.7. The molecule has 0 aromatic carbocycles. The fourth-order valence-electron chi connectivity index (χ4n) is 2.12. The first-order valence-corrected chi connectivity index (χ1v) is 10.1. The zero-order valence-electron chi connectivity index (χ0n) is 16.8. The van der Waals surface area contributed by atoms with Crippen molar-refractivity contribution >= 4 is 59.5 Å². The van der Waals surface area contributed by atoms with E-state index in [4.69, 9.17) is 59.5 Å². The van der Waals surface area contributed by atoms with Gasteiger partial charge in [-0.15, -0.1) is 0 Å². The number of carboxylic acid groups (broad SMARTS) is 2. The minimum Gasteiger partial charge on any atom is -0.477 e. The number of rotatable bonds is 4. The lowest BCUT2D eigenvalue weighted by atomic mass is 9.88. The zero-order valence-corrected chi connectivity index (χ0v) is 19.1. The summed E-state index contributed by atoms with van der Waals surface area (Å²) in [5, 5.41) is 34.6. The van der Waals surface area contributed by atoms with Gasteiger partial charge >= 0.3 is 19.1 Å². The lowest BCUT2D eigenvalue weighted by molar-refractivity contribution is 0.0680. The van der Waals surface area contributed by atoms with Gasteiger partial charge in [-0.25, -0.2) is 19.6 Å². The van der Waals surface area contributed by atoms with Gasteiger partial charge in [-0.05, 0) is 48.5 Å². The van der Waals surface area contributed by atoms with Crippen LogP contribution in [0.5, 0.6) is 0 Å². The SMILES string of the molecule is O=C(O)c1ccc(Cl)c(-c2ccco2)n1.O=C(O)c1ccc(Cl)c(Cl)n1.OB(O)c1ccco1. The van der Waals surface area contributed by atoms with Gasteiger partial charge in [0.05, 0.1) is 22.6 Å². The number of hydrogen-bond donors (Lipinski definition) is 4. The molecule has 0 bridgehead atoms. The van der Waals surface area contributed by atoms with Gasteiger partial charge in [0.2, 0.25) is 0 Å². The van der Waals surface area contributed by atoms with Crippen LogP contribution in [-0.2, 0) is 0 Å². The Morgan fingerprint density at radius 2 is 1.32 bits per heavy atom. The minimum absolute atomic E-state index is 0.00608. The van der Waals surface area contributed by atoms with Crippen LogP contribution in [0.15, 0.2) is 69.9 Å². The Kier molecular flexibility index (Phi) is 10.1. The number of carbonyl (C=O) groups is 2. The van der Waals surface area contributed by atoms with Gasteiger partial charge in [0.1, 0.15) is 27.9 Å². The number of aromatic nitrogens is 2. The number of pyridine rings is 2. The Balaban J connectivity index is 0.000000190. The maximum Gasteiger partial charge on any atom is 0.526 e. The molecular formula is C20H14BCl3N2O8. The molecule has 176 valence electrons. The van der Waals surface area contributed by atoms with E-state index in [1.807, 2.05) is 0 Å². The van der Waals surface area contributed by atoms with Crippen LogP contribution < -0.4 is 5.66 Å². The van der Waals surface area contributed by atoms with E-state index in [-0.39, 0.29) is 27.2 Å². The summed E-state index contributed by atoms with van der Waals surface area (Å²) in [5.74, 6) is -1.77. The second kappa shape index (κ2) is 12.8. The molecule has 4 rings (SSSR count). The first kappa shape index (κ1) is 26.9. The van der Waals surface area contributed by atoms with Gasteiger partial charge in [-0.3, -0.25) is 0 Å². The maximum atomic E-state index is 10.7. The van der Waals surface area contributed by atoms with E-state index in [0.29, 0.717) is 16.5 Å². The molecule has 0 amide bonds. The largest absolute Gasteiger partial charge is 0.526 e. The first-order valence-electron chi connectivity index (χ1n) is 8.98. The number of nitrogens with zero attached hydrogens (tertiary/aromatic N) is 2. The third-order valence-corrected chi connectivity index (χ3v) is 4.63. The number of furan rings is 2. The zero-order chi connectivity index (χ0) is 25.3. The van der Waals surface area contributed by atoms with Crippen LogP contribution in [0.3, 0.4) is 0 Å². The van der Waals surface area contributed by atoms with E-state index in [2.05, 4.69) is 14.4 Å². The molecule has 4 aromatic heterocycles. The average molecular weight is 528 g/mol. The molecule has 0 unspecified atom stereocenters. The summed E-state index contributed by atoms with van der Waals surface area (Å²) in [7, 11) is -1.48. The second-order valence-corrected chi connectivity index (χ2v) is 7.15. The highest BCUT2D eigenvalue weighted by Crippen LogP contribution is 2.26. The molecule has 4 N–H and O–H groups in total. The van der Waals surface area contributed by atoms with Crippen LogP contribution in [0.1, 0.15) is 21.0 Å². The third kappa shape index (κ3) is 7.90. The smallest absolute Gasteiger partial charge is 0.477 e. The minimum atomic E-state index is -1.48. The van der Waals surface area contributed by atoms with Crippen molar-refractivity contribution in [2.75, 3.05) is 0 Å². The van der Waals surface area contributed by atoms with E-state index >= 15 is 0 Å². The summed E-state index contributed by atoms with van der Waals surface area (Å²) in [6.07, 6.45) is 2.86. The van der Waals surface area contributed by atoms with Gasteiger partial charge in [-0.2, -0.15) is 0 Å². The van der Waals surface area contributed by atoms with Crippen LogP contribution in [0.25, 0.3) is 11.5 Å². The molecule has 10 nitrogen and oxygen atoms in total. The summed E-state index contributed by atoms with van der Waals surface area (Å²) < 4.78 is 9.69. The molecule has 0 saturated carbocycles. The number of aromatic carboxylic acids is 2. The molecule has 4 aromatic rings. The van der Waals surface area contributed by atoms with E-state index in [0.717, 1.165) is 0 Å². The molecule has 14 heteroatoms. The molecule has 0 aliphatic carbocycles. The van der Waals surface area contributed by atoms with Gasteiger partial charge < -0.3 is 29.1 Å². The summed E-state index contributed by atoms with van der Waals surface area (Å²) in [5.41, 5.74) is 0.330. The first-order chi connectivity index (χ1) is 16.1. The summed E-state index contributed by atoms with van der Waals surface area (Å²) >= 11 is 16.8. The molecule has 0 spiro atoms. The second-order valence-electron chi connectivity index (χ2n) is 5.97. The molecule has 0 saturated heterocycles. The predicted molar refractivity (Wildman–Crippen MR) is 124 cm³/mol. The van der Waals surface area contributed by atoms with Crippen molar-refractivity contribution in [3.05, 3.63) is 87.6 Å². The standard InChI is InChI=1S/C10H6ClNO3.C6H3Cl2NO2.C4H5BO3/c11-6-3-4-7(10(13)14)12-9(6)8-2-1-5-15-8;7-3-1-2-4(6(10)11)9-5(3)8;6-5(7)4-2-1-3-8-4/h1-5H,(H,13,14);1-2H,(H,10,11);1-3,6-7H. The van der Waals surface area contributed by atoms with Crippen LogP contribution in [-0.4, -0.2) is 49.3 Å². The van der Waals surface area contributed by atoms with Crippen molar-refractivity contribution in [3.8, 4) is 11.5 Å². The fourth-order valence-corrected chi connectivity index (χ4v) is 2.58. The fraction of sp³-hybridized carbons (Fsp3) is 0. The Morgan fingerprint density at radius 3 is 1.76 bits per heavy atom. The molecule has 0 aliphatic rings. The molecule has 0 atom stereocenters. The van der Waals surface area contributed by atoms with Crippen molar-refractivity contribution < 1.29 is 38.7 Å². The quantitative estimate of drug-likeness (QED) is 0.227. The molecule has 0 aliphatic heterocycles. The van der Waals surface area contributed by atoms with E-state index < -0.39 is 19.1 Å². The van der Waals surface area contributed by atoms with Gasteiger partial charge in [0.25, 0.3) is 0 Å². The summed E-state index contributed by atoms with van der Waals surface area (Å²) in [4.78, 5) is 28.4. The molecular weight excluding hydrogens is 513 g/mol. The van der Waals surface area contributed by atoms with Gasteiger partial charge in [-0.1, -0.05) is 34.8 Å². The van der Waals surface area contributed by atoms with Crippen molar-refractivity contribution in [3.63, 3.8) is 0 Å². The highest BCUT2D eigenvalue weighted by molar-refractivity contribution is 6.56. The highest BCUT2D eigenvalue weighted by Gasteiger charge is 2.13. The number of halogens is 3. The van der Waals surface area contributed by atoms with Crippen LogP contribution in [0.4, 0.5) is 0 Å². The topological polar surface area (TPSA) is 167 Å². The number of carboxylic acids is 2. The molecule has 4 heterocycles. The summed E-state index contributed by atoms with van der Waals surface area (Å²) in [6, 6.07) is 11.9.